The van der Waals surface area contributed by atoms with E-state index in [0.29, 0.717) is 12.0 Å². The second-order valence-electron chi connectivity index (χ2n) is 4.75. The molecule has 1 atom stereocenters. The lowest BCUT2D eigenvalue weighted by Gasteiger charge is -2.13. The zero-order valence-electron chi connectivity index (χ0n) is 12.6. The summed E-state index contributed by atoms with van der Waals surface area (Å²) in [6, 6.07) is 9.34. The summed E-state index contributed by atoms with van der Waals surface area (Å²) in [6.45, 7) is 3.08. The standard InChI is InChI=1S/C17H20O4/c1-4-16(19)14(10-13-8-6-5-7-9-13)11-15(12(2)18)17(20)21-3/h5-10,15H,4,11H2,1-3H3/b14-10-. The predicted molar refractivity (Wildman–Crippen MR) is 80.5 cm³/mol. The average Bonchev–Trinajstić information content (AvgIpc) is 2.50. The number of carbonyl (C=O) groups excluding carboxylic acids is 3. The molecular formula is C17H20O4. The Bertz CT molecular complexity index is 543. The molecule has 4 nitrogen and oxygen atoms in total. The van der Waals surface area contributed by atoms with Crippen molar-refractivity contribution in [2.75, 3.05) is 7.11 Å². The molecule has 0 saturated heterocycles. The number of ether oxygens (including phenoxy) is 1. The Morgan fingerprint density at radius 3 is 2.29 bits per heavy atom. The Hall–Kier alpha value is -2.23. The van der Waals surface area contributed by atoms with Crippen LogP contribution < -0.4 is 0 Å². The number of esters is 1. The summed E-state index contributed by atoms with van der Waals surface area (Å²) in [5.41, 5.74) is 1.33. The van der Waals surface area contributed by atoms with E-state index in [-0.39, 0.29) is 18.0 Å². The van der Waals surface area contributed by atoms with Crippen molar-refractivity contribution in [2.45, 2.75) is 26.7 Å². The first-order chi connectivity index (χ1) is 9.99. The van der Waals surface area contributed by atoms with E-state index in [1.54, 1.807) is 13.0 Å². The van der Waals surface area contributed by atoms with Gasteiger partial charge in [0, 0.05) is 6.42 Å². The van der Waals surface area contributed by atoms with Gasteiger partial charge in [0.2, 0.25) is 0 Å². The summed E-state index contributed by atoms with van der Waals surface area (Å²) in [7, 11) is 1.24. The summed E-state index contributed by atoms with van der Waals surface area (Å²) >= 11 is 0. The van der Waals surface area contributed by atoms with Crippen molar-refractivity contribution in [3.8, 4) is 0 Å². The molecule has 0 bridgehead atoms. The molecule has 112 valence electrons. The van der Waals surface area contributed by atoms with Crippen LogP contribution in [0.2, 0.25) is 0 Å². The molecule has 1 aromatic rings. The molecule has 1 rings (SSSR count). The Morgan fingerprint density at radius 1 is 1.19 bits per heavy atom. The molecule has 0 aliphatic rings. The van der Waals surface area contributed by atoms with Crippen LogP contribution in [0.4, 0.5) is 0 Å². The van der Waals surface area contributed by atoms with E-state index in [0.717, 1.165) is 5.56 Å². The highest BCUT2D eigenvalue weighted by Crippen LogP contribution is 2.19. The Labute approximate surface area is 124 Å². The van der Waals surface area contributed by atoms with E-state index in [1.165, 1.54) is 14.0 Å². The lowest BCUT2D eigenvalue weighted by Crippen LogP contribution is -2.25. The van der Waals surface area contributed by atoms with E-state index in [4.69, 9.17) is 0 Å². The number of hydrogen-bond acceptors (Lipinski definition) is 4. The van der Waals surface area contributed by atoms with Crippen LogP contribution in [0.15, 0.2) is 35.9 Å². The number of benzene rings is 1. The molecule has 1 unspecified atom stereocenters. The Balaban J connectivity index is 3.09. The van der Waals surface area contributed by atoms with Gasteiger partial charge in [-0.2, -0.15) is 0 Å². The topological polar surface area (TPSA) is 60.4 Å². The fourth-order valence-corrected chi connectivity index (χ4v) is 1.99. The average molecular weight is 288 g/mol. The molecule has 0 N–H and O–H groups in total. The van der Waals surface area contributed by atoms with Gasteiger partial charge in [-0.3, -0.25) is 14.4 Å². The van der Waals surface area contributed by atoms with Crippen molar-refractivity contribution in [1.29, 1.82) is 0 Å². The smallest absolute Gasteiger partial charge is 0.316 e. The van der Waals surface area contributed by atoms with Crippen LogP contribution in [-0.4, -0.2) is 24.6 Å². The molecule has 0 heterocycles. The number of rotatable bonds is 7. The van der Waals surface area contributed by atoms with Crippen molar-refractivity contribution in [1.82, 2.24) is 0 Å². The first kappa shape index (κ1) is 16.8. The number of carbonyl (C=O) groups is 3. The Morgan fingerprint density at radius 2 is 1.81 bits per heavy atom. The number of ketones is 2. The molecule has 0 radical (unpaired) electrons. The fourth-order valence-electron chi connectivity index (χ4n) is 1.99. The first-order valence-corrected chi connectivity index (χ1v) is 6.86. The van der Waals surface area contributed by atoms with Crippen LogP contribution in [0.5, 0.6) is 0 Å². The normalized spacial score (nSPS) is 12.6. The summed E-state index contributed by atoms with van der Waals surface area (Å²) in [5.74, 6) is -1.91. The first-order valence-electron chi connectivity index (χ1n) is 6.86. The predicted octanol–water partition coefficient (Wildman–Crippen LogP) is 2.82. The summed E-state index contributed by atoms with van der Waals surface area (Å²) < 4.78 is 4.64. The minimum atomic E-state index is -0.930. The third-order valence-electron chi connectivity index (χ3n) is 3.22. The van der Waals surface area contributed by atoms with Gasteiger partial charge in [0.1, 0.15) is 11.7 Å². The molecule has 0 fully saturated rings. The van der Waals surface area contributed by atoms with Gasteiger partial charge in [0.05, 0.1) is 7.11 Å². The fraction of sp³-hybridized carbons (Fsp3) is 0.353. The minimum absolute atomic E-state index is 0.0730. The highest BCUT2D eigenvalue weighted by atomic mass is 16.5. The van der Waals surface area contributed by atoms with E-state index in [1.807, 2.05) is 30.3 Å². The summed E-state index contributed by atoms with van der Waals surface area (Å²) in [5, 5.41) is 0. The number of Topliss-reactive ketones (excluding diaryl/α,β-unsaturated/α-hetero) is 2. The van der Waals surface area contributed by atoms with Gasteiger partial charge >= 0.3 is 5.97 Å². The maximum absolute atomic E-state index is 12.1. The maximum Gasteiger partial charge on any atom is 0.316 e. The monoisotopic (exact) mass is 288 g/mol. The highest BCUT2D eigenvalue weighted by Gasteiger charge is 2.27. The van der Waals surface area contributed by atoms with E-state index >= 15 is 0 Å². The van der Waals surface area contributed by atoms with Crippen molar-refractivity contribution in [3.63, 3.8) is 0 Å². The lowest BCUT2D eigenvalue weighted by atomic mass is 9.91. The van der Waals surface area contributed by atoms with Crippen LogP contribution >= 0.6 is 0 Å². The molecule has 0 amide bonds. The second-order valence-corrected chi connectivity index (χ2v) is 4.75. The summed E-state index contributed by atoms with van der Waals surface area (Å²) in [4.78, 5) is 35.3. The highest BCUT2D eigenvalue weighted by molar-refractivity contribution is 6.03. The molecule has 0 aromatic heterocycles. The largest absolute Gasteiger partial charge is 0.468 e. The van der Waals surface area contributed by atoms with Crippen LogP contribution in [0.25, 0.3) is 6.08 Å². The number of allylic oxidation sites excluding steroid dienone is 1. The van der Waals surface area contributed by atoms with E-state index < -0.39 is 11.9 Å². The zero-order valence-corrected chi connectivity index (χ0v) is 12.6. The third-order valence-corrected chi connectivity index (χ3v) is 3.22. The molecule has 1 aromatic carbocycles. The van der Waals surface area contributed by atoms with Crippen molar-refractivity contribution in [2.24, 2.45) is 5.92 Å². The van der Waals surface area contributed by atoms with Gasteiger partial charge in [0.15, 0.2) is 5.78 Å². The van der Waals surface area contributed by atoms with Crippen molar-refractivity contribution >= 4 is 23.6 Å². The minimum Gasteiger partial charge on any atom is -0.468 e. The van der Waals surface area contributed by atoms with Crippen LogP contribution in [-0.2, 0) is 19.1 Å². The van der Waals surface area contributed by atoms with Crippen LogP contribution in [0.1, 0.15) is 32.3 Å². The van der Waals surface area contributed by atoms with Gasteiger partial charge in [0.25, 0.3) is 0 Å². The molecule has 0 aliphatic carbocycles. The quantitative estimate of drug-likeness (QED) is 0.440. The van der Waals surface area contributed by atoms with Crippen molar-refractivity contribution < 1.29 is 19.1 Å². The summed E-state index contributed by atoms with van der Waals surface area (Å²) in [6.07, 6.45) is 2.12. The maximum atomic E-state index is 12.1. The molecular weight excluding hydrogens is 268 g/mol. The van der Waals surface area contributed by atoms with Gasteiger partial charge in [-0.05, 0) is 30.6 Å². The van der Waals surface area contributed by atoms with E-state index in [2.05, 4.69) is 4.74 Å². The molecule has 0 aliphatic heterocycles. The van der Waals surface area contributed by atoms with Crippen LogP contribution in [0.3, 0.4) is 0 Å². The molecule has 0 spiro atoms. The van der Waals surface area contributed by atoms with Crippen molar-refractivity contribution in [3.05, 3.63) is 41.5 Å². The van der Waals surface area contributed by atoms with Gasteiger partial charge in [-0.25, -0.2) is 0 Å². The molecule has 21 heavy (non-hydrogen) atoms. The van der Waals surface area contributed by atoms with Crippen LogP contribution in [0, 0.1) is 5.92 Å². The number of methoxy groups -OCH3 is 1. The zero-order chi connectivity index (χ0) is 15.8. The van der Waals surface area contributed by atoms with Gasteiger partial charge in [-0.15, -0.1) is 0 Å². The van der Waals surface area contributed by atoms with Gasteiger partial charge in [-0.1, -0.05) is 37.3 Å². The Kier molecular flexibility index (Phi) is 6.53. The molecule has 0 saturated carbocycles. The molecule has 4 heteroatoms. The SMILES string of the molecule is CCC(=O)/C(=C\c1ccccc1)CC(C(C)=O)C(=O)OC. The lowest BCUT2D eigenvalue weighted by molar-refractivity contribution is -0.148. The van der Waals surface area contributed by atoms with Gasteiger partial charge < -0.3 is 4.74 Å². The second kappa shape index (κ2) is 8.15. The van der Waals surface area contributed by atoms with E-state index in [9.17, 15) is 14.4 Å². The third kappa shape index (κ3) is 4.99. The number of hydrogen-bond donors (Lipinski definition) is 0.